The molecule has 1 amide bonds. The molecule has 33 heavy (non-hydrogen) atoms. The van der Waals surface area contributed by atoms with E-state index in [1.807, 2.05) is 43.3 Å². The highest BCUT2D eigenvalue weighted by molar-refractivity contribution is 5.71. The van der Waals surface area contributed by atoms with Gasteiger partial charge < -0.3 is 14.7 Å². The first kappa shape index (κ1) is 22.5. The van der Waals surface area contributed by atoms with Crippen LogP contribution in [0.5, 0.6) is 0 Å². The van der Waals surface area contributed by atoms with Gasteiger partial charge in [-0.25, -0.2) is 9.18 Å². The summed E-state index contributed by atoms with van der Waals surface area (Å²) in [7, 11) is 0. The number of hydrogen-bond donors (Lipinski definition) is 1. The van der Waals surface area contributed by atoms with Crippen LogP contribution in [-0.4, -0.2) is 33.6 Å². The van der Waals surface area contributed by atoms with Crippen LogP contribution < -0.4 is 0 Å². The first-order valence-electron chi connectivity index (χ1n) is 10.9. The Kier molecular flexibility index (Phi) is 6.40. The number of cyclic esters (lactones) is 1. The lowest BCUT2D eigenvalue weighted by Crippen LogP contribution is -2.49. The Hall–Kier alpha value is -3.74. The van der Waals surface area contributed by atoms with E-state index in [-0.39, 0.29) is 18.9 Å². The minimum Gasteiger partial charge on any atom is -0.481 e. The first-order valence-corrected chi connectivity index (χ1v) is 10.9. The Morgan fingerprint density at radius 1 is 1.15 bits per heavy atom. The maximum atomic E-state index is 13.4. The molecule has 1 saturated heterocycles. The Morgan fingerprint density at radius 2 is 1.88 bits per heavy atom. The van der Waals surface area contributed by atoms with Crippen LogP contribution in [0.15, 0.2) is 73.1 Å². The molecule has 170 valence electrons. The van der Waals surface area contributed by atoms with Crippen LogP contribution in [0.4, 0.5) is 9.18 Å². The molecule has 1 aromatic heterocycles. The second-order valence-corrected chi connectivity index (χ2v) is 8.25. The Balaban J connectivity index is 1.52. The number of carbonyl (C=O) groups excluding carboxylic acids is 1. The zero-order valence-electron chi connectivity index (χ0n) is 18.3. The molecule has 3 aromatic rings. The normalized spacial score (nSPS) is 19.1. The number of rotatable bonds is 7. The molecule has 2 heterocycles. The van der Waals surface area contributed by atoms with Crippen LogP contribution in [0.2, 0.25) is 0 Å². The lowest BCUT2D eigenvalue weighted by Gasteiger charge is -2.43. The second kappa shape index (κ2) is 9.40. The van der Waals surface area contributed by atoms with Crippen LogP contribution in [0.25, 0.3) is 11.1 Å². The minimum atomic E-state index is -1.09. The van der Waals surface area contributed by atoms with Crippen molar-refractivity contribution in [1.82, 2.24) is 9.88 Å². The number of carboxylic acids is 1. The number of carboxylic acid groups (broad SMARTS) is 1. The van der Waals surface area contributed by atoms with Crippen molar-refractivity contribution in [3.8, 4) is 11.1 Å². The zero-order chi connectivity index (χ0) is 23.4. The van der Waals surface area contributed by atoms with E-state index < -0.39 is 23.5 Å². The van der Waals surface area contributed by atoms with Gasteiger partial charge in [-0.1, -0.05) is 42.5 Å². The molecule has 7 heteroatoms. The van der Waals surface area contributed by atoms with Crippen molar-refractivity contribution < 1.29 is 23.8 Å². The highest BCUT2D eigenvalue weighted by atomic mass is 19.1. The van der Waals surface area contributed by atoms with E-state index in [4.69, 9.17) is 4.74 Å². The number of ether oxygens (including phenoxy) is 1. The van der Waals surface area contributed by atoms with Gasteiger partial charge in [0.1, 0.15) is 11.4 Å². The summed E-state index contributed by atoms with van der Waals surface area (Å²) in [5, 5.41) is 9.19. The number of hydrogen-bond acceptors (Lipinski definition) is 4. The number of benzene rings is 2. The molecule has 0 bridgehead atoms. The molecule has 0 spiro atoms. The Labute approximate surface area is 191 Å². The molecule has 1 unspecified atom stereocenters. The zero-order valence-corrected chi connectivity index (χ0v) is 18.3. The van der Waals surface area contributed by atoms with Crippen molar-refractivity contribution in [3.05, 3.63) is 90.0 Å². The topological polar surface area (TPSA) is 79.7 Å². The predicted molar refractivity (Wildman–Crippen MR) is 121 cm³/mol. The standard InChI is InChI=1S/C26H25FN2O4/c1-18(19-4-6-20(7-5-19)21-3-2-15-28-17-21)29-16-14-26(33-25(29)32,13-12-24(30)31)22-8-10-23(27)11-9-22/h2-11,15,17-18H,12-14,16H2,1H3,(H,30,31)/t18-,26?/m0/s1. The van der Waals surface area contributed by atoms with E-state index in [0.29, 0.717) is 18.5 Å². The van der Waals surface area contributed by atoms with Gasteiger partial charge in [0.2, 0.25) is 0 Å². The van der Waals surface area contributed by atoms with Crippen molar-refractivity contribution in [3.63, 3.8) is 0 Å². The van der Waals surface area contributed by atoms with Gasteiger partial charge in [-0.2, -0.15) is 0 Å². The summed E-state index contributed by atoms with van der Waals surface area (Å²) in [6.45, 7) is 2.32. The van der Waals surface area contributed by atoms with Gasteiger partial charge >= 0.3 is 12.1 Å². The third kappa shape index (κ3) is 4.87. The predicted octanol–water partition coefficient (Wildman–Crippen LogP) is 5.55. The van der Waals surface area contributed by atoms with E-state index in [1.165, 1.54) is 12.1 Å². The quantitative estimate of drug-likeness (QED) is 0.513. The number of halogens is 1. The molecule has 1 N–H and O–H groups in total. The summed E-state index contributed by atoms with van der Waals surface area (Å²) in [6.07, 6.45) is 3.39. The fourth-order valence-electron chi connectivity index (χ4n) is 4.27. The fraction of sp³-hybridized carbons (Fsp3) is 0.269. The van der Waals surface area contributed by atoms with Gasteiger partial charge in [0.15, 0.2) is 0 Å². The monoisotopic (exact) mass is 448 g/mol. The highest BCUT2D eigenvalue weighted by Gasteiger charge is 2.43. The summed E-state index contributed by atoms with van der Waals surface area (Å²) in [5.74, 6) is -1.38. The summed E-state index contributed by atoms with van der Waals surface area (Å²) in [6, 6.07) is 17.3. The summed E-state index contributed by atoms with van der Waals surface area (Å²) < 4.78 is 19.3. The third-order valence-corrected chi connectivity index (χ3v) is 6.24. The summed E-state index contributed by atoms with van der Waals surface area (Å²) >= 11 is 0. The molecule has 2 atom stereocenters. The van der Waals surface area contributed by atoms with Crippen molar-refractivity contribution in [2.75, 3.05) is 6.54 Å². The average molecular weight is 448 g/mol. The van der Waals surface area contributed by atoms with Crippen molar-refractivity contribution in [2.45, 2.75) is 37.8 Å². The molecular formula is C26H25FN2O4. The third-order valence-electron chi connectivity index (χ3n) is 6.24. The summed E-state index contributed by atoms with van der Waals surface area (Å²) in [4.78, 5) is 30.1. The second-order valence-electron chi connectivity index (χ2n) is 8.25. The molecule has 4 rings (SSSR count). The van der Waals surface area contributed by atoms with Gasteiger partial charge in [-0.15, -0.1) is 0 Å². The fourth-order valence-corrected chi connectivity index (χ4v) is 4.27. The lowest BCUT2D eigenvalue weighted by molar-refractivity contribution is -0.139. The van der Waals surface area contributed by atoms with Crippen molar-refractivity contribution >= 4 is 12.1 Å². The Morgan fingerprint density at radius 3 is 2.48 bits per heavy atom. The largest absolute Gasteiger partial charge is 0.481 e. The van der Waals surface area contributed by atoms with Gasteiger partial charge in [-0.05, 0) is 47.4 Å². The van der Waals surface area contributed by atoms with Gasteiger partial charge in [0, 0.05) is 38.2 Å². The van der Waals surface area contributed by atoms with Gasteiger partial charge in [0.05, 0.1) is 6.04 Å². The summed E-state index contributed by atoms with van der Waals surface area (Å²) in [5.41, 5.74) is 2.51. The molecule has 1 fully saturated rings. The lowest BCUT2D eigenvalue weighted by atomic mass is 9.84. The number of amides is 1. The molecule has 1 aliphatic heterocycles. The molecule has 0 aliphatic carbocycles. The number of carbonyl (C=O) groups is 2. The van der Waals surface area contributed by atoms with Gasteiger partial charge in [0.25, 0.3) is 0 Å². The number of aliphatic carboxylic acids is 1. The molecular weight excluding hydrogens is 423 g/mol. The number of nitrogens with zero attached hydrogens (tertiary/aromatic N) is 2. The molecule has 0 saturated carbocycles. The minimum absolute atomic E-state index is 0.127. The van der Waals surface area contributed by atoms with E-state index >= 15 is 0 Å². The van der Waals surface area contributed by atoms with Crippen LogP contribution in [0.3, 0.4) is 0 Å². The van der Waals surface area contributed by atoms with Crippen molar-refractivity contribution in [2.24, 2.45) is 0 Å². The van der Waals surface area contributed by atoms with E-state index in [2.05, 4.69) is 4.98 Å². The van der Waals surface area contributed by atoms with E-state index in [0.717, 1.165) is 16.7 Å². The maximum Gasteiger partial charge on any atom is 0.411 e. The highest BCUT2D eigenvalue weighted by Crippen LogP contribution is 2.40. The van der Waals surface area contributed by atoms with Crippen molar-refractivity contribution in [1.29, 1.82) is 0 Å². The van der Waals surface area contributed by atoms with E-state index in [9.17, 15) is 19.1 Å². The Bertz CT molecular complexity index is 1120. The molecule has 1 aliphatic rings. The SMILES string of the molecule is C[C@@H](c1ccc(-c2cccnc2)cc1)N1CCC(CCC(=O)O)(c2ccc(F)cc2)OC1=O. The van der Waals surface area contributed by atoms with Crippen LogP contribution in [0.1, 0.15) is 43.4 Å². The van der Waals surface area contributed by atoms with Crippen LogP contribution in [0, 0.1) is 5.82 Å². The smallest absolute Gasteiger partial charge is 0.411 e. The molecule has 6 nitrogen and oxygen atoms in total. The van der Waals surface area contributed by atoms with E-state index in [1.54, 1.807) is 29.4 Å². The maximum absolute atomic E-state index is 13.4. The number of aromatic nitrogens is 1. The van der Waals surface area contributed by atoms with Crippen LogP contribution in [-0.2, 0) is 15.1 Å². The van der Waals surface area contributed by atoms with Gasteiger partial charge in [-0.3, -0.25) is 9.78 Å². The number of pyridine rings is 1. The molecule has 2 aromatic carbocycles. The molecule has 0 radical (unpaired) electrons. The van der Waals surface area contributed by atoms with Crippen LogP contribution >= 0.6 is 0 Å². The first-order chi connectivity index (χ1) is 15.9. The average Bonchev–Trinajstić information content (AvgIpc) is 2.83.